The van der Waals surface area contributed by atoms with Gasteiger partial charge in [0.25, 0.3) is 0 Å². The maximum absolute atomic E-state index is 10.1. The first-order valence-corrected chi connectivity index (χ1v) is 7.46. The molecule has 0 spiro atoms. The van der Waals surface area contributed by atoms with Gasteiger partial charge in [-0.15, -0.1) is 0 Å². The molecule has 2 aromatic rings. The molecule has 0 bridgehead atoms. The fraction of sp³-hybridized carbons (Fsp3) is 0.333. The van der Waals surface area contributed by atoms with Gasteiger partial charge in [0, 0.05) is 17.7 Å². The minimum atomic E-state index is -0.117. The highest BCUT2D eigenvalue weighted by Gasteiger charge is 2.11. The van der Waals surface area contributed by atoms with E-state index in [-0.39, 0.29) is 11.8 Å². The molecule has 0 radical (unpaired) electrons. The van der Waals surface area contributed by atoms with Gasteiger partial charge in [-0.2, -0.15) is 0 Å². The van der Waals surface area contributed by atoms with Crippen molar-refractivity contribution in [2.75, 3.05) is 0 Å². The molecule has 3 nitrogen and oxygen atoms in total. The number of nitrogens with two attached hydrogens (primary N) is 1. The molecule has 3 heteroatoms. The standard InChI is InChI=1S/C18H23NO2/c1-2-3-9-17(19)16-11-10-15(12-18(16)20)21-13-14-7-5-4-6-8-14/h4-8,10-12,17,20H,2-3,9,13,19H2,1H3/t17-/m1/s1. The molecular weight excluding hydrogens is 262 g/mol. The summed E-state index contributed by atoms with van der Waals surface area (Å²) < 4.78 is 5.69. The number of rotatable bonds is 7. The van der Waals surface area contributed by atoms with Gasteiger partial charge < -0.3 is 15.6 Å². The van der Waals surface area contributed by atoms with E-state index in [1.807, 2.05) is 42.5 Å². The van der Waals surface area contributed by atoms with Gasteiger partial charge in [-0.25, -0.2) is 0 Å². The summed E-state index contributed by atoms with van der Waals surface area (Å²) in [5.41, 5.74) is 7.98. The van der Waals surface area contributed by atoms with Crippen LogP contribution in [0.3, 0.4) is 0 Å². The van der Waals surface area contributed by atoms with Crippen molar-refractivity contribution in [2.45, 2.75) is 38.8 Å². The summed E-state index contributed by atoms with van der Waals surface area (Å²) in [6.45, 7) is 2.62. The number of unbranched alkanes of at least 4 members (excludes halogenated alkanes) is 1. The maximum atomic E-state index is 10.1. The quantitative estimate of drug-likeness (QED) is 0.803. The van der Waals surface area contributed by atoms with Crippen molar-refractivity contribution in [3.63, 3.8) is 0 Å². The third kappa shape index (κ3) is 4.50. The Morgan fingerprint density at radius 3 is 2.57 bits per heavy atom. The molecule has 0 amide bonds. The molecule has 0 aliphatic heterocycles. The molecule has 112 valence electrons. The lowest BCUT2D eigenvalue weighted by atomic mass is 10.0. The first kappa shape index (κ1) is 15.4. The van der Waals surface area contributed by atoms with E-state index >= 15 is 0 Å². The fourth-order valence-corrected chi connectivity index (χ4v) is 2.25. The normalized spacial score (nSPS) is 12.1. The van der Waals surface area contributed by atoms with Gasteiger partial charge in [-0.1, -0.05) is 56.2 Å². The zero-order valence-corrected chi connectivity index (χ0v) is 12.5. The summed E-state index contributed by atoms with van der Waals surface area (Å²) in [7, 11) is 0. The lowest BCUT2D eigenvalue weighted by Gasteiger charge is -2.14. The van der Waals surface area contributed by atoms with Crippen molar-refractivity contribution < 1.29 is 9.84 Å². The van der Waals surface area contributed by atoms with Gasteiger partial charge in [0.1, 0.15) is 18.1 Å². The van der Waals surface area contributed by atoms with Gasteiger partial charge >= 0.3 is 0 Å². The van der Waals surface area contributed by atoms with Crippen LogP contribution in [0.15, 0.2) is 48.5 Å². The zero-order valence-electron chi connectivity index (χ0n) is 12.5. The highest BCUT2D eigenvalue weighted by atomic mass is 16.5. The Morgan fingerprint density at radius 2 is 1.90 bits per heavy atom. The van der Waals surface area contributed by atoms with Crippen LogP contribution in [0.1, 0.15) is 43.4 Å². The number of hydrogen-bond acceptors (Lipinski definition) is 3. The molecule has 0 aromatic heterocycles. The number of benzene rings is 2. The van der Waals surface area contributed by atoms with E-state index in [0.717, 1.165) is 30.4 Å². The van der Waals surface area contributed by atoms with Crippen LogP contribution < -0.4 is 10.5 Å². The lowest BCUT2D eigenvalue weighted by molar-refractivity contribution is 0.304. The first-order chi connectivity index (χ1) is 10.2. The molecular formula is C18H23NO2. The second kappa shape index (κ2) is 7.70. The monoisotopic (exact) mass is 285 g/mol. The molecule has 0 unspecified atom stereocenters. The molecule has 0 fully saturated rings. The van der Waals surface area contributed by atoms with Crippen LogP contribution >= 0.6 is 0 Å². The molecule has 0 aliphatic carbocycles. The second-order valence-electron chi connectivity index (χ2n) is 5.24. The van der Waals surface area contributed by atoms with Crippen LogP contribution in [-0.4, -0.2) is 5.11 Å². The number of phenols is 1. The Labute approximate surface area is 126 Å². The summed E-state index contributed by atoms with van der Waals surface area (Å²) in [5, 5.41) is 10.1. The average molecular weight is 285 g/mol. The Bertz CT molecular complexity index is 554. The van der Waals surface area contributed by atoms with Crippen LogP contribution in [-0.2, 0) is 6.61 Å². The molecule has 0 saturated heterocycles. The number of aromatic hydroxyl groups is 1. The summed E-state index contributed by atoms with van der Waals surface area (Å²) in [4.78, 5) is 0. The van der Waals surface area contributed by atoms with Crippen LogP contribution in [0.2, 0.25) is 0 Å². The van der Waals surface area contributed by atoms with Gasteiger partial charge in [0.15, 0.2) is 0 Å². The van der Waals surface area contributed by atoms with Crippen molar-refractivity contribution in [1.82, 2.24) is 0 Å². The summed E-state index contributed by atoms with van der Waals surface area (Å²) in [5.74, 6) is 0.868. The second-order valence-corrected chi connectivity index (χ2v) is 5.24. The first-order valence-electron chi connectivity index (χ1n) is 7.46. The van der Waals surface area contributed by atoms with E-state index in [9.17, 15) is 5.11 Å². The Kier molecular flexibility index (Phi) is 5.64. The van der Waals surface area contributed by atoms with E-state index in [1.54, 1.807) is 6.07 Å². The predicted molar refractivity (Wildman–Crippen MR) is 85.3 cm³/mol. The molecule has 2 aromatic carbocycles. The maximum Gasteiger partial charge on any atom is 0.124 e. The molecule has 21 heavy (non-hydrogen) atoms. The Morgan fingerprint density at radius 1 is 1.14 bits per heavy atom. The Balaban J connectivity index is 1.98. The van der Waals surface area contributed by atoms with E-state index in [0.29, 0.717) is 12.4 Å². The summed E-state index contributed by atoms with van der Waals surface area (Å²) in [6.07, 6.45) is 3.05. The molecule has 0 aliphatic rings. The van der Waals surface area contributed by atoms with Crippen molar-refractivity contribution >= 4 is 0 Å². The van der Waals surface area contributed by atoms with Crippen LogP contribution in [0.5, 0.6) is 11.5 Å². The zero-order chi connectivity index (χ0) is 15.1. The third-order valence-corrected chi connectivity index (χ3v) is 3.52. The predicted octanol–water partition coefficient (Wildman–Crippen LogP) is 4.16. The van der Waals surface area contributed by atoms with Crippen molar-refractivity contribution in [1.29, 1.82) is 0 Å². The van der Waals surface area contributed by atoms with Crippen molar-refractivity contribution in [3.8, 4) is 11.5 Å². The van der Waals surface area contributed by atoms with Gasteiger partial charge in [0.2, 0.25) is 0 Å². The third-order valence-electron chi connectivity index (χ3n) is 3.52. The SMILES string of the molecule is CCCC[C@@H](N)c1ccc(OCc2ccccc2)cc1O. The topological polar surface area (TPSA) is 55.5 Å². The highest BCUT2D eigenvalue weighted by Crippen LogP contribution is 2.30. The fourth-order valence-electron chi connectivity index (χ4n) is 2.25. The van der Waals surface area contributed by atoms with Crippen LogP contribution in [0.4, 0.5) is 0 Å². The minimum Gasteiger partial charge on any atom is -0.507 e. The van der Waals surface area contributed by atoms with Gasteiger partial charge in [-0.3, -0.25) is 0 Å². The highest BCUT2D eigenvalue weighted by molar-refractivity contribution is 5.41. The van der Waals surface area contributed by atoms with Gasteiger partial charge in [0.05, 0.1) is 0 Å². The molecule has 0 heterocycles. The van der Waals surface area contributed by atoms with E-state index in [1.165, 1.54) is 0 Å². The minimum absolute atomic E-state index is 0.117. The molecule has 0 saturated carbocycles. The summed E-state index contributed by atoms with van der Waals surface area (Å²) >= 11 is 0. The van der Waals surface area contributed by atoms with E-state index < -0.39 is 0 Å². The molecule has 2 rings (SSSR count). The number of phenolic OH excluding ortho intramolecular Hbond substituents is 1. The smallest absolute Gasteiger partial charge is 0.124 e. The Hall–Kier alpha value is -2.00. The number of ether oxygens (including phenoxy) is 1. The average Bonchev–Trinajstić information content (AvgIpc) is 2.51. The van der Waals surface area contributed by atoms with Gasteiger partial charge in [-0.05, 0) is 18.1 Å². The lowest BCUT2D eigenvalue weighted by Crippen LogP contribution is -2.10. The van der Waals surface area contributed by atoms with Crippen molar-refractivity contribution in [3.05, 3.63) is 59.7 Å². The van der Waals surface area contributed by atoms with Crippen LogP contribution in [0.25, 0.3) is 0 Å². The van der Waals surface area contributed by atoms with E-state index in [4.69, 9.17) is 10.5 Å². The summed E-state index contributed by atoms with van der Waals surface area (Å²) in [6, 6.07) is 15.2. The number of hydrogen-bond donors (Lipinski definition) is 2. The van der Waals surface area contributed by atoms with Crippen LogP contribution in [0, 0.1) is 0 Å². The van der Waals surface area contributed by atoms with E-state index in [2.05, 4.69) is 6.92 Å². The van der Waals surface area contributed by atoms with Crippen molar-refractivity contribution in [2.24, 2.45) is 5.73 Å². The molecule has 1 atom stereocenters. The molecule has 3 N–H and O–H groups in total. The largest absolute Gasteiger partial charge is 0.507 e.